The average molecular weight is 213 g/mol. The molecule has 0 radical (unpaired) electrons. The van der Waals surface area contributed by atoms with Gasteiger partial charge in [0.2, 0.25) is 0 Å². The molecule has 0 saturated heterocycles. The molecule has 0 aliphatic heterocycles. The maximum Gasteiger partial charge on any atom is 0.345 e. The molecule has 1 heterocycles. The molecule has 2 rings (SSSR count). The lowest BCUT2D eigenvalue weighted by atomic mass is 9.98. The van der Waals surface area contributed by atoms with E-state index in [0.29, 0.717) is 25.7 Å². The molecule has 1 saturated carbocycles. The van der Waals surface area contributed by atoms with Gasteiger partial charge in [0.25, 0.3) is 0 Å². The van der Waals surface area contributed by atoms with Crippen LogP contribution in [-0.2, 0) is 10.3 Å². The van der Waals surface area contributed by atoms with Crippen molar-refractivity contribution in [2.45, 2.75) is 31.2 Å². The number of carbonyl (C=O) groups is 1. The van der Waals surface area contributed by atoms with Gasteiger partial charge in [-0.2, -0.15) is 0 Å². The number of hydrogen-bond donors (Lipinski definition) is 3. The Morgan fingerprint density at radius 3 is 2.07 bits per heavy atom. The number of carboxylic acids is 1. The van der Waals surface area contributed by atoms with E-state index < -0.39 is 22.9 Å². The Balaban J connectivity index is 2.65. The third kappa shape index (κ3) is 1.23. The zero-order chi connectivity index (χ0) is 11.1. The lowest BCUT2D eigenvalue weighted by Crippen LogP contribution is -2.49. The van der Waals surface area contributed by atoms with Gasteiger partial charge < -0.3 is 5.11 Å². The Morgan fingerprint density at radius 1 is 1.20 bits per heavy atom. The lowest BCUT2D eigenvalue weighted by molar-refractivity contribution is -0.147. The standard InChI is InChI=1S/C8H11N3O4/c12-5(13)8(3-1-2-4-8)11-6(14)9-10-7(11)15/h1-4H2,(H,9,14)(H,10,15)(H,12,13). The first-order valence-corrected chi connectivity index (χ1v) is 4.71. The third-order valence-electron chi connectivity index (χ3n) is 2.94. The summed E-state index contributed by atoms with van der Waals surface area (Å²) in [7, 11) is 0. The number of aliphatic carboxylic acids is 1. The highest BCUT2D eigenvalue weighted by Crippen LogP contribution is 2.34. The first-order valence-electron chi connectivity index (χ1n) is 4.71. The van der Waals surface area contributed by atoms with Crippen LogP contribution >= 0.6 is 0 Å². The first-order chi connectivity index (χ1) is 7.08. The molecule has 7 heteroatoms. The highest BCUT2D eigenvalue weighted by Gasteiger charge is 2.45. The van der Waals surface area contributed by atoms with Crippen molar-refractivity contribution >= 4 is 5.97 Å². The Hall–Kier alpha value is -1.79. The van der Waals surface area contributed by atoms with Crippen LogP contribution in [0, 0.1) is 0 Å². The zero-order valence-corrected chi connectivity index (χ0v) is 7.95. The van der Waals surface area contributed by atoms with E-state index in [9.17, 15) is 14.4 Å². The number of aromatic amines is 2. The van der Waals surface area contributed by atoms with Crippen LogP contribution in [0.2, 0.25) is 0 Å². The van der Waals surface area contributed by atoms with Crippen molar-refractivity contribution in [1.29, 1.82) is 0 Å². The fourth-order valence-corrected chi connectivity index (χ4v) is 2.19. The first kappa shape index (κ1) is 9.75. The second-order valence-electron chi connectivity index (χ2n) is 3.74. The zero-order valence-electron chi connectivity index (χ0n) is 7.95. The molecule has 1 aromatic heterocycles. The monoisotopic (exact) mass is 213 g/mol. The SMILES string of the molecule is O=C(O)C1(n2c(=O)[nH][nH]c2=O)CCCC1. The molecule has 1 aliphatic rings. The van der Waals surface area contributed by atoms with Crippen molar-refractivity contribution in [2.75, 3.05) is 0 Å². The fourth-order valence-electron chi connectivity index (χ4n) is 2.19. The van der Waals surface area contributed by atoms with Gasteiger partial charge in [0.1, 0.15) is 0 Å². The summed E-state index contributed by atoms with van der Waals surface area (Å²) in [5.41, 5.74) is -2.74. The summed E-state index contributed by atoms with van der Waals surface area (Å²) in [4.78, 5) is 33.9. The summed E-state index contributed by atoms with van der Waals surface area (Å²) in [5, 5.41) is 13.4. The van der Waals surface area contributed by atoms with Crippen LogP contribution in [-0.4, -0.2) is 25.8 Å². The Kier molecular flexibility index (Phi) is 2.02. The van der Waals surface area contributed by atoms with Crippen LogP contribution in [0.1, 0.15) is 25.7 Å². The molecule has 0 spiro atoms. The molecule has 0 aromatic carbocycles. The molecule has 0 atom stereocenters. The van der Waals surface area contributed by atoms with Gasteiger partial charge in [-0.1, -0.05) is 12.8 Å². The van der Waals surface area contributed by atoms with Crippen LogP contribution in [0.3, 0.4) is 0 Å². The average Bonchev–Trinajstić information content (AvgIpc) is 2.74. The van der Waals surface area contributed by atoms with E-state index in [4.69, 9.17) is 5.11 Å². The summed E-state index contributed by atoms with van der Waals surface area (Å²) in [5.74, 6) is -1.12. The number of hydrogen-bond acceptors (Lipinski definition) is 3. The highest BCUT2D eigenvalue weighted by atomic mass is 16.4. The summed E-state index contributed by atoms with van der Waals surface area (Å²) < 4.78 is 0.780. The maximum absolute atomic E-state index is 11.3. The summed E-state index contributed by atoms with van der Waals surface area (Å²) in [6.45, 7) is 0. The van der Waals surface area contributed by atoms with Crippen molar-refractivity contribution in [1.82, 2.24) is 14.8 Å². The number of nitrogens with zero attached hydrogens (tertiary/aromatic N) is 1. The molecule has 0 bridgehead atoms. The number of rotatable bonds is 2. The van der Waals surface area contributed by atoms with E-state index in [1.165, 1.54) is 0 Å². The van der Waals surface area contributed by atoms with Crippen LogP contribution in [0.4, 0.5) is 0 Å². The van der Waals surface area contributed by atoms with Crippen molar-refractivity contribution in [3.8, 4) is 0 Å². The minimum absolute atomic E-state index is 0.323. The minimum Gasteiger partial charge on any atom is -0.479 e. The second-order valence-corrected chi connectivity index (χ2v) is 3.74. The predicted molar refractivity (Wildman–Crippen MR) is 49.8 cm³/mol. The molecule has 82 valence electrons. The van der Waals surface area contributed by atoms with Crippen molar-refractivity contribution in [2.24, 2.45) is 0 Å². The minimum atomic E-state index is -1.36. The number of nitrogens with one attached hydrogen (secondary N) is 2. The molecule has 1 fully saturated rings. The predicted octanol–water partition coefficient (Wildman–Crippen LogP) is -0.781. The van der Waals surface area contributed by atoms with Gasteiger partial charge in [-0.05, 0) is 12.8 Å². The van der Waals surface area contributed by atoms with Crippen LogP contribution in [0.25, 0.3) is 0 Å². The van der Waals surface area contributed by atoms with E-state index in [2.05, 4.69) is 10.2 Å². The van der Waals surface area contributed by atoms with Crippen molar-refractivity contribution in [3.05, 3.63) is 21.0 Å². The quantitative estimate of drug-likeness (QED) is 0.598. The van der Waals surface area contributed by atoms with Gasteiger partial charge in [0.15, 0.2) is 5.54 Å². The van der Waals surface area contributed by atoms with Crippen LogP contribution in [0.15, 0.2) is 9.59 Å². The molecule has 1 aromatic rings. The molecular weight excluding hydrogens is 202 g/mol. The van der Waals surface area contributed by atoms with Gasteiger partial charge >= 0.3 is 17.3 Å². The third-order valence-corrected chi connectivity index (χ3v) is 2.94. The van der Waals surface area contributed by atoms with Gasteiger partial charge in [0, 0.05) is 0 Å². The van der Waals surface area contributed by atoms with Crippen molar-refractivity contribution < 1.29 is 9.90 Å². The van der Waals surface area contributed by atoms with E-state index in [0.717, 1.165) is 4.57 Å². The van der Waals surface area contributed by atoms with E-state index >= 15 is 0 Å². The topological polar surface area (TPSA) is 108 Å². The molecule has 7 nitrogen and oxygen atoms in total. The normalized spacial score (nSPS) is 19.2. The molecule has 1 aliphatic carbocycles. The van der Waals surface area contributed by atoms with Gasteiger partial charge in [-0.15, -0.1) is 0 Å². The lowest BCUT2D eigenvalue weighted by Gasteiger charge is -2.22. The van der Waals surface area contributed by atoms with Crippen LogP contribution < -0.4 is 11.4 Å². The van der Waals surface area contributed by atoms with Gasteiger partial charge in [-0.25, -0.2) is 29.1 Å². The van der Waals surface area contributed by atoms with E-state index in [1.54, 1.807) is 0 Å². The van der Waals surface area contributed by atoms with E-state index in [1.807, 2.05) is 0 Å². The summed E-state index contributed by atoms with van der Waals surface area (Å²) >= 11 is 0. The second kappa shape index (κ2) is 3.11. The van der Waals surface area contributed by atoms with E-state index in [-0.39, 0.29) is 0 Å². The van der Waals surface area contributed by atoms with Crippen molar-refractivity contribution in [3.63, 3.8) is 0 Å². The Bertz CT molecular complexity index is 461. The maximum atomic E-state index is 11.3. The Labute approximate surface area is 83.7 Å². The largest absolute Gasteiger partial charge is 0.479 e. The van der Waals surface area contributed by atoms with Gasteiger partial charge in [-0.3, -0.25) is 0 Å². The van der Waals surface area contributed by atoms with Gasteiger partial charge in [0.05, 0.1) is 0 Å². The molecule has 0 unspecified atom stereocenters. The smallest absolute Gasteiger partial charge is 0.345 e. The number of carboxylic acid groups (broad SMARTS) is 1. The Morgan fingerprint density at radius 2 is 1.67 bits per heavy atom. The molecule has 15 heavy (non-hydrogen) atoms. The molecule has 3 N–H and O–H groups in total. The highest BCUT2D eigenvalue weighted by molar-refractivity contribution is 5.77. The summed E-state index contributed by atoms with van der Waals surface area (Å²) in [6, 6.07) is 0. The number of H-pyrrole nitrogens is 2. The van der Waals surface area contributed by atoms with Crippen LogP contribution in [0.5, 0.6) is 0 Å². The summed E-state index contributed by atoms with van der Waals surface area (Å²) in [6.07, 6.45) is 2.07. The molecular formula is C8H11N3O4. The number of aromatic nitrogens is 3. The molecule has 0 amide bonds. The fraction of sp³-hybridized carbons (Fsp3) is 0.625.